The Morgan fingerprint density at radius 2 is 1.52 bits per heavy atom. The monoisotopic (exact) mass is 399 g/mol. The molecule has 1 heteroatoms. The summed E-state index contributed by atoms with van der Waals surface area (Å²) in [6.45, 7) is 0. The average molecular weight is 400 g/mol. The van der Waals surface area contributed by atoms with Gasteiger partial charge in [0.15, 0.2) is 0 Å². The number of allylic oxidation sites excluding steroid dienone is 5. The van der Waals surface area contributed by atoms with Gasteiger partial charge >= 0.3 is 0 Å². The number of aromatic amines is 1. The topological polar surface area (TPSA) is 15.8 Å². The molecule has 150 valence electrons. The van der Waals surface area contributed by atoms with Crippen LogP contribution in [0.2, 0.25) is 0 Å². The molecule has 0 bridgehead atoms. The molecular formula is C30H25N. The fourth-order valence-corrected chi connectivity index (χ4v) is 5.03. The summed E-state index contributed by atoms with van der Waals surface area (Å²) in [5.41, 5.74) is 9.34. The second-order valence-corrected chi connectivity index (χ2v) is 8.64. The van der Waals surface area contributed by atoms with Crippen molar-refractivity contribution in [2.24, 2.45) is 0 Å². The highest BCUT2D eigenvalue weighted by atomic mass is 14.7. The molecule has 1 heterocycles. The summed E-state index contributed by atoms with van der Waals surface area (Å²) in [5, 5.41) is 1.32. The Morgan fingerprint density at radius 3 is 2.35 bits per heavy atom. The Bertz CT molecular complexity index is 1330. The van der Waals surface area contributed by atoms with Crippen LogP contribution >= 0.6 is 0 Å². The van der Waals surface area contributed by atoms with Crippen molar-refractivity contribution in [1.82, 2.24) is 4.98 Å². The number of fused-ring (bicyclic) bond motifs is 3. The average Bonchev–Trinajstić information content (AvgIpc) is 3.23. The van der Waals surface area contributed by atoms with E-state index in [0.29, 0.717) is 11.8 Å². The SMILES string of the molecule is C1=CCC(c2cc(-c3ccccc3)cc(C3C=Cc4c([nH]c5ccccc45)C3)c2)C=C1. The van der Waals surface area contributed by atoms with Crippen molar-refractivity contribution in [3.8, 4) is 11.1 Å². The van der Waals surface area contributed by atoms with Gasteiger partial charge in [-0.15, -0.1) is 0 Å². The maximum Gasteiger partial charge on any atom is 0.0462 e. The Balaban J connectivity index is 1.43. The number of hydrogen-bond donors (Lipinski definition) is 1. The van der Waals surface area contributed by atoms with E-state index in [4.69, 9.17) is 0 Å². The van der Waals surface area contributed by atoms with E-state index >= 15 is 0 Å². The molecule has 2 aliphatic rings. The number of hydrogen-bond acceptors (Lipinski definition) is 0. The molecular weight excluding hydrogens is 374 g/mol. The zero-order valence-corrected chi connectivity index (χ0v) is 17.5. The van der Waals surface area contributed by atoms with Crippen LogP contribution in [0, 0.1) is 0 Å². The predicted molar refractivity (Wildman–Crippen MR) is 131 cm³/mol. The lowest BCUT2D eigenvalue weighted by molar-refractivity contribution is 0.798. The van der Waals surface area contributed by atoms with Crippen molar-refractivity contribution < 1.29 is 0 Å². The molecule has 6 rings (SSSR count). The van der Waals surface area contributed by atoms with Gasteiger partial charge in [0.1, 0.15) is 0 Å². The highest BCUT2D eigenvalue weighted by Gasteiger charge is 2.21. The van der Waals surface area contributed by atoms with Crippen LogP contribution in [0.3, 0.4) is 0 Å². The van der Waals surface area contributed by atoms with Crippen molar-refractivity contribution in [2.45, 2.75) is 24.7 Å². The zero-order chi connectivity index (χ0) is 20.6. The summed E-state index contributed by atoms with van der Waals surface area (Å²) in [5.74, 6) is 0.828. The molecule has 2 unspecified atom stereocenters. The normalized spacial score (nSPS) is 19.6. The number of rotatable bonds is 3. The summed E-state index contributed by atoms with van der Waals surface area (Å²) in [6, 6.07) is 26.6. The first-order valence-electron chi connectivity index (χ1n) is 11.2. The lowest BCUT2D eigenvalue weighted by atomic mass is 9.83. The van der Waals surface area contributed by atoms with E-state index in [9.17, 15) is 0 Å². The molecule has 3 aromatic carbocycles. The third-order valence-corrected chi connectivity index (χ3v) is 6.67. The summed E-state index contributed by atoms with van der Waals surface area (Å²) in [4.78, 5) is 3.67. The number of aromatic nitrogens is 1. The second-order valence-electron chi connectivity index (χ2n) is 8.64. The number of benzene rings is 3. The molecule has 2 aliphatic carbocycles. The van der Waals surface area contributed by atoms with Crippen LogP contribution in [0.1, 0.15) is 40.6 Å². The van der Waals surface area contributed by atoms with E-state index in [0.717, 1.165) is 12.8 Å². The van der Waals surface area contributed by atoms with Gasteiger partial charge in [0.2, 0.25) is 0 Å². The maximum atomic E-state index is 3.67. The molecule has 0 aliphatic heterocycles. The van der Waals surface area contributed by atoms with Crippen LogP contribution in [0.25, 0.3) is 28.1 Å². The third-order valence-electron chi connectivity index (χ3n) is 6.67. The highest BCUT2D eigenvalue weighted by Crippen LogP contribution is 2.37. The lowest BCUT2D eigenvalue weighted by Gasteiger charge is -2.22. The fraction of sp³-hybridized carbons (Fsp3) is 0.133. The molecule has 0 amide bonds. The van der Waals surface area contributed by atoms with E-state index < -0.39 is 0 Å². The molecule has 0 radical (unpaired) electrons. The summed E-state index contributed by atoms with van der Waals surface area (Å²) in [7, 11) is 0. The minimum Gasteiger partial charge on any atom is -0.358 e. The molecule has 0 saturated carbocycles. The summed E-state index contributed by atoms with van der Waals surface area (Å²) < 4.78 is 0. The van der Waals surface area contributed by atoms with Gasteiger partial charge in [-0.1, -0.05) is 103 Å². The Morgan fingerprint density at radius 1 is 0.710 bits per heavy atom. The van der Waals surface area contributed by atoms with Crippen molar-refractivity contribution in [3.63, 3.8) is 0 Å². The predicted octanol–water partition coefficient (Wildman–Crippen LogP) is 7.79. The standard InChI is InChI=1S/C30H25N/c1-3-9-21(10-4-1)24-17-25(22-11-5-2-6-12-22)19-26(18-24)23-15-16-28-27-13-7-8-14-29(27)31-30(28)20-23/h1-11,13-19,22-23,31H,12,20H2. The minimum atomic E-state index is 0.381. The number of H-pyrrole nitrogens is 1. The minimum absolute atomic E-state index is 0.381. The lowest BCUT2D eigenvalue weighted by Crippen LogP contribution is -2.07. The van der Waals surface area contributed by atoms with E-state index in [1.54, 1.807) is 0 Å². The highest BCUT2D eigenvalue weighted by molar-refractivity contribution is 5.91. The molecule has 1 aromatic heterocycles. The summed E-state index contributed by atoms with van der Waals surface area (Å²) >= 11 is 0. The van der Waals surface area contributed by atoms with E-state index in [-0.39, 0.29) is 0 Å². The van der Waals surface area contributed by atoms with Gasteiger partial charge < -0.3 is 4.98 Å². The smallest absolute Gasteiger partial charge is 0.0462 e. The quantitative estimate of drug-likeness (QED) is 0.362. The van der Waals surface area contributed by atoms with Gasteiger partial charge in [-0.2, -0.15) is 0 Å². The van der Waals surface area contributed by atoms with Gasteiger partial charge in [0.05, 0.1) is 0 Å². The van der Waals surface area contributed by atoms with Gasteiger partial charge in [-0.3, -0.25) is 0 Å². The van der Waals surface area contributed by atoms with Crippen molar-refractivity contribution >= 4 is 17.0 Å². The van der Waals surface area contributed by atoms with Crippen molar-refractivity contribution in [1.29, 1.82) is 0 Å². The van der Waals surface area contributed by atoms with Crippen LogP contribution < -0.4 is 0 Å². The van der Waals surface area contributed by atoms with Crippen LogP contribution in [-0.4, -0.2) is 4.98 Å². The van der Waals surface area contributed by atoms with E-state index in [1.807, 2.05) is 0 Å². The maximum absolute atomic E-state index is 3.67. The second kappa shape index (κ2) is 7.59. The van der Waals surface area contributed by atoms with Gasteiger partial charge in [-0.25, -0.2) is 0 Å². The first-order chi connectivity index (χ1) is 15.3. The third kappa shape index (κ3) is 3.37. The molecule has 4 aromatic rings. The first kappa shape index (κ1) is 18.2. The molecule has 0 saturated heterocycles. The molecule has 2 atom stereocenters. The number of para-hydroxylation sites is 1. The molecule has 1 nitrogen and oxygen atoms in total. The Kier molecular flexibility index (Phi) is 4.46. The molecule has 1 N–H and O–H groups in total. The Labute approximate surface area is 183 Å². The van der Waals surface area contributed by atoms with Crippen LogP contribution in [-0.2, 0) is 6.42 Å². The first-order valence-corrected chi connectivity index (χ1v) is 11.2. The van der Waals surface area contributed by atoms with Gasteiger partial charge in [0.25, 0.3) is 0 Å². The Hall–Kier alpha value is -3.58. The molecule has 0 fully saturated rings. The molecule has 0 spiro atoms. The summed E-state index contributed by atoms with van der Waals surface area (Å²) in [6.07, 6.45) is 15.7. The van der Waals surface area contributed by atoms with Crippen LogP contribution in [0.4, 0.5) is 0 Å². The van der Waals surface area contributed by atoms with E-state index in [1.165, 1.54) is 44.4 Å². The van der Waals surface area contributed by atoms with Crippen LogP contribution in [0.5, 0.6) is 0 Å². The van der Waals surface area contributed by atoms with Gasteiger partial charge in [0, 0.05) is 34.0 Å². The van der Waals surface area contributed by atoms with Crippen molar-refractivity contribution in [3.05, 3.63) is 126 Å². The van der Waals surface area contributed by atoms with Gasteiger partial charge in [-0.05, 0) is 41.2 Å². The van der Waals surface area contributed by atoms with Crippen molar-refractivity contribution in [2.75, 3.05) is 0 Å². The zero-order valence-electron chi connectivity index (χ0n) is 17.5. The largest absolute Gasteiger partial charge is 0.358 e. The molecule has 31 heavy (non-hydrogen) atoms. The van der Waals surface area contributed by atoms with E-state index in [2.05, 4.69) is 114 Å². The number of nitrogens with one attached hydrogen (secondary N) is 1. The van der Waals surface area contributed by atoms with Crippen LogP contribution in [0.15, 0.2) is 103 Å². The fourth-order valence-electron chi connectivity index (χ4n) is 5.03.